The van der Waals surface area contributed by atoms with Gasteiger partial charge in [-0.25, -0.2) is 9.78 Å². The predicted molar refractivity (Wildman–Crippen MR) is 61.0 cm³/mol. The van der Waals surface area contributed by atoms with Gasteiger partial charge in [0, 0.05) is 23.2 Å². The molecule has 0 radical (unpaired) electrons. The maximum Gasteiger partial charge on any atom is 0.374 e. The summed E-state index contributed by atoms with van der Waals surface area (Å²) < 4.78 is 10.0. The molecule has 0 bridgehead atoms. The fourth-order valence-corrected chi connectivity index (χ4v) is 1.38. The first-order valence-corrected chi connectivity index (χ1v) is 5.03. The quantitative estimate of drug-likeness (QED) is 0.472. The van der Waals surface area contributed by atoms with E-state index in [0.717, 1.165) is 0 Å². The van der Waals surface area contributed by atoms with Crippen LogP contribution in [0, 0.1) is 5.41 Å². The summed E-state index contributed by atoms with van der Waals surface area (Å²) in [5.74, 6) is -0.525. The highest BCUT2D eigenvalue weighted by Gasteiger charge is 2.14. The summed E-state index contributed by atoms with van der Waals surface area (Å²) in [5, 5.41) is 7.90. The Balaban J connectivity index is 2.43. The maximum absolute atomic E-state index is 11.4. The molecule has 0 aliphatic rings. The van der Waals surface area contributed by atoms with Crippen LogP contribution < -0.4 is 5.73 Å². The monoisotopic (exact) mass is 233 g/mol. The van der Waals surface area contributed by atoms with E-state index in [9.17, 15) is 4.79 Å². The summed E-state index contributed by atoms with van der Waals surface area (Å²) >= 11 is 0. The van der Waals surface area contributed by atoms with Gasteiger partial charge in [0.25, 0.3) is 0 Å². The fraction of sp³-hybridized carbons (Fsp3) is 0.182. The van der Waals surface area contributed by atoms with Gasteiger partial charge >= 0.3 is 5.97 Å². The van der Waals surface area contributed by atoms with E-state index in [1.807, 2.05) is 0 Å². The zero-order valence-corrected chi connectivity index (χ0v) is 9.19. The molecule has 0 saturated heterocycles. The van der Waals surface area contributed by atoms with Crippen LogP contribution in [0.25, 0.3) is 11.1 Å². The van der Waals surface area contributed by atoms with Crippen molar-refractivity contribution in [3.05, 3.63) is 29.7 Å². The number of nitrogens with one attached hydrogen (secondary N) is 1. The van der Waals surface area contributed by atoms with Gasteiger partial charge in [0.05, 0.1) is 6.61 Å². The average Bonchev–Trinajstić information content (AvgIpc) is 2.71. The van der Waals surface area contributed by atoms with Crippen LogP contribution in [0.3, 0.4) is 0 Å². The SMILES string of the molecule is CCOC(=O)c1cc2cc(C(=N)N)cnc2o1. The number of nitrogen functional groups attached to an aromatic ring is 1. The zero-order valence-electron chi connectivity index (χ0n) is 9.19. The summed E-state index contributed by atoms with van der Waals surface area (Å²) in [4.78, 5) is 15.4. The topological polar surface area (TPSA) is 102 Å². The van der Waals surface area contributed by atoms with Gasteiger partial charge in [-0.1, -0.05) is 0 Å². The van der Waals surface area contributed by atoms with Crippen LogP contribution in [-0.4, -0.2) is 23.4 Å². The third kappa shape index (κ3) is 2.10. The number of nitrogens with two attached hydrogens (primary N) is 1. The summed E-state index contributed by atoms with van der Waals surface area (Å²) in [6.45, 7) is 1.99. The Labute approximate surface area is 96.9 Å². The van der Waals surface area contributed by atoms with Crippen molar-refractivity contribution in [2.75, 3.05) is 6.61 Å². The normalized spacial score (nSPS) is 10.4. The van der Waals surface area contributed by atoms with Gasteiger partial charge in [0.1, 0.15) is 5.84 Å². The highest BCUT2D eigenvalue weighted by atomic mass is 16.5. The molecule has 0 spiro atoms. The number of esters is 1. The molecular weight excluding hydrogens is 222 g/mol. The smallest absolute Gasteiger partial charge is 0.374 e. The van der Waals surface area contributed by atoms with E-state index < -0.39 is 5.97 Å². The lowest BCUT2D eigenvalue weighted by atomic mass is 10.2. The Morgan fingerprint density at radius 3 is 3.00 bits per heavy atom. The second kappa shape index (κ2) is 4.25. The molecule has 0 saturated carbocycles. The van der Waals surface area contributed by atoms with Crippen molar-refractivity contribution in [3.8, 4) is 0 Å². The van der Waals surface area contributed by atoms with E-state index in [1.165, 1.54) is 12.3 Å². The van der Waals surface area contributed by atoms with Gasteiger partial charge in [-0.2, -0.15) is 0 Å². The van der Waals surface area contributed by atoms with E-state index in [0.29, 0.717) is 16.7 Å². The predicted octanol–water partition coefficient (Wildman–Crippen LogP) is 1.29. The third-order valence-electron chi connectivity index (χ3n) is 2.16. The first kappa shape index (κ1) is 11.1. The molecule has 3 N–H and O–H groups in total. The van der Waals surface area contributed by atoms with Gasteiger partial charge < -0.3 is 14.9 Å². The number of carbonyl (C=O) groups excluding carboxylic acids is 1. The molecule has 0 aromatic carbocycles. The fourth-order valence-electron chi connectivity index (χ4n) is 1.38. The Morgan fingerprint density at radius 1 is 1.59 bits per heavy atom. The Hall–Kier alpha value is -2.37. The largest absolute Gasteiger partial charge is 0.460 e. The lowest BCUT2D eigenvalue weighted by Crippen LogP contribution is -2.10. The second-order valence-corrected chi connectivity index (χ2v) is 3.36. The van der Waals surface area contributed by atoms with Crippen LogP contribution in [0.1, 0.15) is 23.0 Å². The highest BCUT2D eigenvalue weighted by molar-refractivity contribution is 5.98. The minimum absolute atomic E-state index is 0.0849. The Bertz CT molecular complexity index is 589. The first-order chi connectivity index (χ1) is 8.11. The van der Waals surface area contributed by atoms with Crippen LogP contribution in [0.2, 0.25) is 0 Å². The number of furan rings is 1. The van der Waals surface area contributed by atoms with Crippen molar-refractivity contribution in [3.63, 3.8) is 0 Å². The van der Waals surface area contributed by atoms with Crippen molar-refractivity contribution in [2.24, 2.45) is 5.73 Å². The molecule has 17 heavy (non-hydrogen) atoms. The minimum atomic E-state index is -0.533. The standard InChI is InChI=1S/C11H11N3O3/c1-2-16-11(15)8-4-6-3-7(9(12)13)5-14-10(6)17-8/h3-5H,2H2,1H3,(H3,12,13). The van der Waals surface area contributed by atoms with Crippen LogP contribution >= 0.6 is 0 Å². The van der Waals surface area contributed by atoms with E-state index in [1.54, 1.807) is 13.0 Å². The van der Waals surface area contributed by atoms with Gasteiger partial charge in [-0.15, -0.1) is 0 Å². The molecule has 2 rings (SSSR count). The molecule has 0 aliphatic carbocycles. The molecule has 0 amide bonds. The number of aromatic nitrogens is 1. The Morgan fingerprint density at radius 2 is 2.35 bits per heavy atom. The lowest BCUT2D eigenvalue weighted by molar-refractivity contribution is 0.0492. The van der Waals surface area contributed by atoms with Crippen molar-refractivity contribution >= 4 is 22.9 Å². The molecule has 0 unspecified atom stereocenters. The second-order valence-electron chi connectivity index (χ2n) is 3.36. The van der Waals surface area contributed by atoms with Crippen molar-refractivity contribution in [2.45, 2.75) is 6.92 Å². The number of carbonyl (C=O) groups is 1. The molecule has 0 atom stereocenters. The summed E-state index contributed by atoms with van der Waals surface area (Å²) in [6.07, 6.45) is 1.42. The van der Waals surface area contributed by atoms with Crippen LogP contribution in [0.4, 0.5) is 0 Å². The molecule has 2 aromatic heterocycles. The van der Waals surface area contributed by atoms with E-state index >= 15 is 0 Å². The van der Waals surface area contributed by atoms with Gasteiger partial charge in [0.15, 0.2) is 0 Å². The number of amidine groups is 1. The van der Waals surface area contributed by atoms with Crippen LogP contribution in [0.15, 0.2) is 22.7 Å². The van der Waals surface area contributed by atoms with Gasteiger partial charge in [0.2, 0.25) is 11.5 Å². The number of fused-ring (bicyclic) bond motifs is 1. The van der Waals surface area contributed by atoms with Crippen molar-refractivity contribution in [1.29, 1.82) is 5.41 Å². The van der Waals surface area contributed by atoms with Crippen molar-refractivity contribution < 1.29 is 13.9 Å². The van der Waals surface area contributed by atoms with E-state index in [2.05, 4.69) is 4.98 Å². The number of pyridine rings is 1. The molecule has 88 valence electrons. The first-order valence-electron chi connectivity index (χ1n) is 5.03. The summed E-state index contributed by atoms with van der Waals surface area (Å²) in [6, 6.07) is 3.16. The van der Waals surface area contributed by atoms with Gasteiger partial charge in [-0.3, -0.25) is 5.41 Å². The average molecular weight is 233 g/mol. The maximum atomic E-state index is 11.4. The molecule has 2 aromatic rings. The highest BCUT2D eigenvalue weighted by Crippen LogP contribution is 2.19. The zero-order chi connectivity index (χ0) is 12.4. The molecule has 6 nitrogen and oxygen atoms in total. The van der Waals surface area contributed by atoms with Crippen LogP contribution in [0.5, 0.6) is 0 Å². The molecule has 0 fully saturated rings. The van der Waals surface area contributed by atoms with Crippen molar-refractivity contribution in [1.82, 2.24) is 4.98 Å². The Kier molecular flexibility index (Phi) is 2.78. The van der Waals surface area contributed by atoms with Crippen LogP contribution in [-0.2, 0) is 4.74 Å². The third-order valence-corrected chi connectivity index (χ3v) is 2.16. The van der Waals surface area contributed by atoms with Gasteiger partial charge in [-0.05, 0) is 13.0 Å². The molecule has 6 heteroatoms. The van der Waals surface area contributed by atoms with E-state index in [-0.39, 0.29) is 18.2 Å². The lowest BCUT2D eigenvalue weighted by Gasteiger charge is -1.95. The molecular formula is C11H11N3O3. The molecule has 2 heterocycles. The summed E-state index contributed by atoms with van der Waals surface area (Å²) in [7, 11) is 0. The number of hydrogen-bond donors (Lipinski definition) is 2. The summed E-state index contributed by atoms with van der Waals surface area (Å²) in [5.41, 5.74) is 6.14. The van der Waals surface area contributed by atoms with E-state index in [4.69, 9.17) is 20.3 Å². The number of rotatable bonds is 3. The number of ether oxygens (including phenoxy) is 1. The number of hydrogen-bond acceptors (Lipinski definition) is 5. The number of nitrogens with zero attached hydrogens (tertiary/aromatic N) is 1. The molecule has 0 aliphatic heterocycles. The minimum Gasteiger partial charge on any atom is -0.460 e.